The molecule has 2 rings (SSSR count). The van der Waals surface area contributed by atoms with Crippen LogP contribution in [0.5, 0.6) is 0 Å². The Labute approximate surface area is 148 Å². The molecule has 0 spiro atoms. The molecule has 0 amide bonds. The van der Waals surface area contributed by atoms with Gasteiger partial charge in [0.25, 0.3) is 0 Å². The SMILES string of the molecule is CC1(C)O[C@H]2O[C@H](C/C=C(/F)Br)[C@@H](O[Si](C)(C)C(C)(C)C)[C@H]2O1. The molecule has 0 aromatic heterocycles. The minimum absolute atomic E-state index is 0.0706. The van der Waals surface area contributed by atoms with Crippen LogP contribution in [0.2, 0.25) is 18.1 Å². The Balaban J connectivity index is 2.20. The molecule has 2 saturated heterocycles. The summed E-state index contributed by atoms with van der Waals surface area (Å²) in [5, 5.41) is 0.0706. The van der Waals surface area contributed by atoms with E-state index >= 15 is 0 Å². The summed E-state index contributed by atoms with van der Waals surface area (Å²) in [5.74, 6) is -0.689. The summed E-state index contributed by atoms with van der Waals surface area (Å²) in [7, 11) is -2.02. The van der Waals surface area contributed by atoms with E-state index in [1.165, 1.54) is 6.08 Å². The first kappa shape index (κ1) is 19.5. The molecule has 0 aromatic carbocycles. The number of hydrogen-bond donors (Lipinski definition) is 0. The van der Waals surface area contributed by atoms with Crippen molar-refractivity contribution in [3.05, 3.63) is 10.8 Å². The average Bonchev–Trinajstić information content (AvgIpc) is 2.79. The fourth-order valence-electron chi connectivity index (χ4n) is 2.60. The third-order valence-electron chi connectivity index (χ3n) is 4.83. The molecule has 0 N–H and O–H groups in total. The number of ether oxygens (including phenoxy) is 3. The zero-order chi connectivity index (χ0) is 17.6. The highest BCUT2D eigenvalue weighted by atomic mass is 79.9. The minimum Gasteiger partial charge on any atom is -0.408 e. The van der Waals surface area contributed by atoms with Crippen molar-refractivity contribution in [1.82, 2.24) is 0 Å². The highest BCUT2D eigenvalue weighted by Gasteiger charge is 2.57. The fraction of sp³-hybridized carbons (Fsp3) is 0.875. The molecule has 0 saturated carbocycles. The Kier molecular flexibility index (Phi) is 5.52. The first-order valence-electron chi connectivity index (χ1n) is 8.02. The van der Waals surface area contributed by atoms with Crippen LogP contribution >= 0.6 is 15.9 Å². The summed E-state index contributed by atoms with van der Waals surface area (Å²) in [4.78, 5) is 0. The third-order valence-corrected chi connectivity index (χ3v) is 9.63. The first-order chi connectivity index (χ1) is 10.3. The summed E-state index contributed by atoms with van der Waals surface area (Å²) in [6, 6.07) is 0. The van der Waals surface area contributed by atoms with Crippen molar-refractivity contribution in [2.45, 2.75) is 89.6 Å². The highest BCUT2D eigenvalue weighted by molar-refractivity contribution is 9.11. The molecule has 4 nitrogen and oxygen atoms in total. The van der Waals surface area contributed by atoms with Crippen LogP contribution in [0.3, 0.4) is 0 Å². The van der Waals surface area contributed by atoms with Gasteiger partial charge in [0, 0.05) is 0 Å². The molecule has 0 aliphatic carbocycles. The molecule has 2 heterocycles. The number of halogens is 2. The van der Waals surface area contributed by atoms with Gasteiger partial charge in [-0.05, 0) is 60.4 Å². The summed E-state index contributed by atoms with van der Waals surface area (Å²) >= 11 is 2.82. The van der Waals surface area contributed by atoms with E-state index in [2.05, 4.69) is 49.8 Å². The second kappa shape index (κ2) is 6.50. The lowest BCUT2D eigenvalue weighted by Gasteiger charge is -2.40. The zero-order valence-corrected chi connectivity index (χ0v) is 17.6. The van der Waals surface area contributed by atoms with Crippen LogP contribution in [-0.2, 0) is 18.6 Å². The van der Waals surface area contributed by atoms with Gasteiger partial charge in [0.15, 0.2) is 25.1 Å². The maximum atomic E-state index is 13.0. The number of rotatable bonds is 4. The smallest absolute Gasteiger partial charge is 0.192 e. The molecule has 0 aromatic rings. The lowest BCUT2D eigenvalue weighted by Crippen LogP contribution is -2.49. The third kappa shape index (κ3) is 4.44. The molecule has 0 bridgehead atoms. The Morgan fingerprint density at radius 2 is 1.91 bits per heavy atom. The summed E-state index contributed by atoms with van der Waals surface area (Å²) in [6.07, 6.45) is 0.590. The molecule has 2 fully saturated rings. The van der Waals surface area contributed by atoms with E-state index in [-0.39, 0.29) is 23.4 Å². The van der Waals surface area contributed by atoms with Crippen molar-refractivity contribution in [2.75, 3.05) is 0 Å². The van der Waals surface area contributed by atoms with Crippen LogP contribution in [-0.4, -0.2) is 38.7 Å². The molecule has 0 radical (unpaired) electrons. The van der Waals surface area contributed by atoms with Crippen LogP contribution in [0.15, 0.2) is 10.8 Å². The minimum atomic E-state index is -2.02. The molecule has 0 unspecified atom stereocenters. The maximum absolute atomic E-state index is 13.0. The van der Waals surface area contributed by atoms with E-state index in [1.807, 2.05) is 13.8 Å². The van der Waals surface area contributed by atoms with Crippen LogP contribution in [0.4, 0.5) is 4.39 Å². The first-order valence-corrected chi connectivity index (χ1v) is 11.7. The zero-order valence-electron chi connectivity index (χ0n) is 15.0. The number of hydrogen-bond acceptors (Lipinski definition) is 4. The van der Waals surface area contributed by atoms with E-state index in [4.69, 9.17) is 18.6 Å². The van der Waals surface area contributed by atoms with Gasteiger partial charge in [0.2, 0.25) is 0 Å². The lowest BCUT2D eigenvalue weighted by molar-refractivity contribution is -0.213. The summed E-state index contributed by atoms with van der Waals surface area (Å²) in [6.45, 7) is 14.7. The largest absolute Gasteiger partial charge is 0.408 e. The molecule has 23 heavy (non-hydrogen) atoms. The highest BCUT2D eigenvalue weighted by Crippen LogP contribution is 2.44. The molecule has 7 heteroatoms. The van der Waals surface area contributed by atoms with Gasteiger partial charge in [0.1, 0.15) is 12.2 Å². The van der Waals surface area contributed by atoms with E-state index in [0.29, 0.717) is 6.42 Å². The molecule has 2 aliphatic rings. The normalized spacial score (nSPS) is 34.7. The maximum Gasteiger partial charge on any atom is 0.192 e. The fourth-order valence-corrected chi connectivity index (χ4v) is 4.11. The Bertz CT molecular complexity index is 471. The van der Waals surface area contributed by atoms with E-state index in [1.54, 1.807) is 0 Å². The molecule has 134 valence electrons. The summed E-state index contributed by atoms with van der Waals surface area (Å²) < 4.78 is 37.0. The van der Waals surface area contributed by atoms with Gasteiger partial charge >= 0.3 is 0 Å². The predicted octanol–water partition coefficient (Wildman–Crippen LogP) is 4.85. The van der Waals surface area contributed by atoms with Crippen molar-refractivity contribution in [3.63, 3.8) is 0 Å². The Morgan fingerprint density at radius 3 is 2.43 bits per heavy atom. The van der Waals surface area contributed by atoms with Crippen LogP contribution in [0, 0.1) is 0 Å². The predicted molar refractivity (Wildman–Crippen MR) is 93.5 cm³/mol. The van der Waals surface area contributed by atoms with Crippen molar-refractivity contribution in [2.24, 2.45) is 0 Å². The standard InChI is InChI=1S/C16H28BrFO4Si/c1-15(2,3)23(6,7)22-12-10(8-9-11(17)18)19-14-13(12)20-16(4,5)21-14/h9-10,12-14H,8H2,1-7H3/b11-9+/t10-,12-,13-,14-/m1/s1. The second-order valence-electron chi connectivity index (χ2n) is 8.22. The van der Waals surface area contributed by atoms with Crippen molar-refractivity contribution in [1.29, 1.82) is 0 Å². The van der Waals surface area contributed by atoms with Crippen LogP contribution < -0.4 is 0 Å². The van der Waals surface area contributed by atoms with Crippen molar-refractivity contribution < 1.29 is 23.0 Å². The van der Waals surface area contributed by atoms with Gasteiger partial charge in [0.05, 0.1) is 6.10 Å². The Morgan fingerprint density at radius 1 is 1.30 bits per heavy atom. The van der Waals surface area contributed by atoms with E-state index in [9.17, 15) is 4.39 Å². The van der Waals surface area contributed by atoms with Gasteiger partial charge in [-0.1, -0.05) is 20.8 Å². The van der Waals surface area contributed by atoms with Crippen molar-refractivity contribution >= 4 is 24.2 Å². The van der Waals surface area contributed by atoms with Gasteiger partial charge in [-0.3, -0.25) is 0 Å². The molecular weight excluding hydrogens is 383 g/mol. The average molecular weight is 411 g/mol. The monoisotopic (exact) mass is 410 g/mol. The second-order valence-corrected chi connectivity index (χ2v) is 13.7. The van der Waals surface area contributed by atoms with Gasteiger partial charge < -0.3 is 18.6 Å². The topological polar surface area (TPSA) is 36.9 Å². The van der Waals surface area contributed by atoms with E-state index < -0.39 is 25.1 Å². The quantitative estimate of drug-likeness (QED) is 0.620. The van der Waals surface area contributed by atoms with E-state index in [0.717, 1.165) is 0 Å². The van der Waals surface area contributed by atoms with Gasteiger partial charge in [-0.2, -0.15) is 4.39 Å². The summed E-state index contributed by atoms with van der Waals surface area (Å²) in [5.41, 5.74) is 0. The lowest BCUT2D eigenvalue weighted by atomic mass is 10.1. The van der Waals surface area contributed by atoms with Crippen LogP contribution in [0.1, 0.15) is 41.0 Å². The molecule has 4 atom stereocenters. The van der Waals surface area contributed by atoms with Gasteiger partial charge in [-0.15, -0.1) is 0 Å². The van der Waals surface area contributed by atoms with Gasteiger partial charge in [-0.25, -0.2) is 0 Å². The molecular formula is C16H28BrFO4Si. The van der Waals surface area contributed by atoms with Crippen LogP contribution in [0.25, 0.3) is 0 Å². The Hall–Kier alpha value is 0.207. The molecule has 2 aliphatic heterocycles. The van der Waals surface area contributed by atoms with Crippen molar-refractivity contribution in [3.8, 4) is 0 Å². The number of fused-ring (bicyclic) bond motifs is 1.